The molecule has 1 heterocycles. The highest BCUT2D eigenvalue weighted by Gasteiger charge is 2.46. The molecule has 5 rings (SSSR count). The van der Waals surface area contributed by atoms with Gasteiger partial charge >= 0.3 is 0 Å². The highest BCUT2D eigenvalue weighted by Crippen LogP contribution is 2.33. The first-order valence-corrected chi connectivity index (χ1v) is 15.4. The first-order valence-electron chi connectivity index (χ1n) is 15.4. The van der Waals surface area contributed by atoms with Gasteiger partial charge in [0.15, 0.2) is 6.10 Å². The number of allylic oxidation sites excluding steroid dienone is 2. The first-order chi connectivity index (χ1) is 21.8. The molecule has 3 unspecified atom stereocenters. The van der Waals surface area contributed by atoms with Crippen LogP contribution in [0.15, 0.2) is 146 Å². The monoisotopic (exact) mass is 590 g/mol. The normalized spacial score (nSPS) is 20.7. The number of hydrogen-bond acceptors (Lipinski definition) is 5. The Labute approximate surface area is 261 Å². The Bertz CT molecular complexity index is 1390. The van der Waals surface area contributed by atoms with E-state index in [0.717, 1.165) is 40.9 Å². The van der Waals surface area contributed by atoms with Crippen molar-refractivity contribution in [1.29, 1.82) is 0 Å². The van der Waals surface area contributed by atoms with Crippen molar-refractivity contribution in [3.8, 4) is 0 Å². The van der Waals surface area contributed by atoms with Crippen molar-refractivity contribution in [3.63, 3.8) is 0 Å². The van der Waals surface area contributed by atoms with Crippen LogP contribution in [-0.4, -0.2) is 31.0 Å². The molecule has 0 N–H and O–H groups in total. The van der Waals surface area contributed by atoms with Crippen molar-refractivity contribution in [2.45, 2.75) is 63.7 Å². The van der Waals surface area contributed by atoms with Gasteiger partial charge in [-0.3, -0.25) is 0 Å². The van der Waals surface area contributed by atoms with E-state index in [1.807, 2.05) is 78.9 Å². The predicted octanol–water partition coefficient (Wildman–Crippen LogP) is 8.21. The van der Waals surface area contributed by atoms with Crippen LogP contribution in [0.25, 0.3) is 0 Å². The molecule has 0 radical (unpaired) electrons. The van der Waals surface area contributed by atoms with Crippen LogP contribution < -0.4 is 0 Å². The molecule has 44 heavy (non-hydrogen) atoms. The predicted molar refractivity (Wildman–Crippen MR) is 174 cm³/mol. The number of unbranched alkanes of at least 4 members (excludes halogenated alkanes) is 1. The van der Waals surface area contributed by atoms with E-state index in [0.29, 0.717) is 33.0 Å². The third-order valence-corrected chi connectivity index (χ3v) is 7.51. The van der Waals surface area contributed by atoms with Crippen LogP contribution >= 0.6 is 0 Å². The van der Waals surface area contributed by atoms with Crippen LogP contribution in [0.1, 0.15) is 35.1 Å². The topological polar surface area (TPSA) is 46.2 Å². The standard InChI is InChI=1S/C39H42O5/c1-2-3-8-25-35-37(41-27-32-19-11-5-12-20-32)39(43-29-34-23-15-7-16-24-34)38(42-28-33-21-13-6-14-22-33)36(44-35)30-40-26-31-17-9-4-10-18-31/h2,4-7,9-25,36-39H,1,3,8,26-30H2/b35-25-/t36?,37?,38-,39?/m1/s1. The highest BCUT2D eigenvalue weighted by molar-refractivity contribution is 5.18. The molecule has 228 valence electrons. The van der Waals surface area contributed by atoms with E-state index >= 15 is 0 Å². The molecule has 1 fully saturated rings. The van der Waals surface area contributed by atoms with Crippen molar-refractivity contribution in [1.82, 2.24) is 0 Å². The summed E-state index contributed by atoms with van der Waals surface area (Å²) in [4.78, 5) is 0. The zero-order valence-corrected chi connectivity index (χ0v) is 25.2. The van der Waals surface area contributed by atoms with Gasteiger partial charge in [0.2, 0.25) is 0 Å². The van der Waals surface area contributed by atoms with E-state index in [2.05, 4.69) is 61.2 Å². The zero-order valence-electron chi connectivity index (χ0n) is 25.2. The third kappa shape index (κ3) is 9.50. The largest absolute Gasteiger partial charge is 0.487 e. The van der Waals surface area contributed by atoms with E-state index in [9.17, 15) is 0 Å². The molecule has 4 aromatic rings. The Morgan fingerprint density at radius 2 is 1.00 bits per heavy atom. The smallest absolute Gasteiger partial charge is 0.150 e. The summed E-state index contributed by atoms with van der Waals surface area (Å²) in [6.45, 7) is 5.96. The van der Waals surface area contributed by atoms with Gasteiger partial charge in [-0.05, 0) is 41.2 Å². The summed E-state index contributed by atoms with van der Waals surface area (Å²) < 4.78 is 33.1. The van der Waals surface area contributed by atoms with Gasteiger partial charge in [0.1, 0.15) is 24.1 Å². The number of ether oxygens (including phenoxy) is 5. The molecule has 5 heteroatoms. The van der Waals surface area contributed by atoms with Crippen LogP contribution in [0.3, 0.4) is 0 Å². The van der Waals surface area contributed by atoms with Crippen molar-refractivity contribution < 1.29 is 23.7 Å². The van der Waals surface area contributed by atoms with Gasteiger partial charge in [-0.15, -0.1) is 6.58 Å². The molecule has 0 aliphatic carbocycles. The molecule has 0 saturated carbocycles. The molecule has 0 amide bonds. The number of rotatable bonds is 16. The quantitative estimate of drug-likeness (QED) is 0.0972. The summed E-state index contributed by atoms with van der Waals surface area (Å²) >= 11 is 0. The lowest BCUT2D eigenvalue weighted by molar-refractivity contribution is -0.223. The molecular weight excluding hydrogens is 548 g/mol. The van der Waals surface area contributed by atoms with Gasteiger partial charge in [0.25, 0.3) is 0 Å². The van der Waals surface area contributed by atoms with E-state index in [1.54, 1.807) is 0 Å². The summed E-state index contributed by atoms with van der Waals surface area (Å²) in [7, 11) is 0. The first kappa shape index (κ1) is 31.4. The van der Waals surface area contributed by atoms with Gasteiger partial charge in [0.05, 0.1) is 33.0 Å². The maximum Gasteiger partial charge on any atom is 0.150 e. The van der Waals surface area contributed by atoms with Crippen LogP contribution in [0.5, 0.6) is 0 Å². The summed E-state index contributed by atoms with van der Waals surface area (Å²) in [5.74, 6) is 0.744. The lowest BCUT2D eigenvalue weighted by Crippen LogP contribution is -2.56. The Morgan fingerprint density at radius 1 is 0.545 bits per heavy atom. The minimum Gasteiger partial charge on any atom is -0.487 e. The van der Waals surface area contributed by atoms with E-state index in [1.165, 1.54) is 0 Å². The molecule has 1 saturated heterocycles. The van der Waals surface area contributed by atoms with Crippen molar-refractivity contribution in [2.75, 3.05) is 6.61 Å². The van der Waals surface area contributed by atoms with Crippen molar-refractivity contribution in [2.24, 2.45) is 0 Å². The molecule has 4 aromatic carbocycles. The Hall–Kier alpha value is -4.00. The summed E-state index contributed by atoms with van der Waals surface area (Å²) in [6, 6.07) is 40.7. The van der Waals surface area contributed by atoms with Crippen LogP contribution in [-0.2, 0) is 50.1 Å². The molecule has 1 aliphatic rings. The van der Waals surface area contributed by atoms with E-state index in [-0.39, 0.29) is 0 Å². The molecule has 0 bridgehead atoms. The molecule has 1 aliphatic heterocycles. The van der Waals surface area contributed by atoms with Gasteiger partial charge in [-0.25, -0.2) is 0 Å². The minimum absolute atomic E-state index is 0.337. The fraction of sp³-hybridized carbons (Fsp3) is 0.282. The molecule has 5 nitrogen and oxygen atoms in total. The van der Waals surface area contributed by atoms with Gasteiger partial charge in [-0.2, -0.15) is 0 Å². The third-order valence-electron chi connectivity index (χ3n) is 7.51. The van der Waals surface area contributed by atoms with Crippen LogP contribution in [0, 0.1) is 0 Å². The summed E-state index contributed by atoms with van der Waals surface area (Å²) in [5, 5.41) is 0. The second-order valence-corrected chi connectivity index (χ2v) is 10.9. The van der Waals surface area contributed by atoms with Gasteiger partial charge in [-0.1, -0.05) is 127 Å². The molecular formula is C39H42O5. The number of hydrogen-bond donors (Lipinski definition) is 0. The zero-order chi connectivity index (χ0) is 30.2. The second kappa shape index (κ2) is 17.3. The summed E-state index contributed by atoms with van der Waals surface area (Å²) in [5.41, 5.74) is 4.34. The average Bonchev–Trinajstić information content (AvgIpc) is 3.08. The van der Waals surface area contributed by atoms with Crippen LogP contribution in [0.2, 0.25) is 0 Å². The van der Waals surface area contributed by atoms with E-state index < -0.39 is 24.4 Å². The Morgan fingerprint density at radius 3 is 1.50 bits per heavy atom. The van der Waals surface area contributed by atoms with Gasteiger partial charge in [0, 0.05) is 0 Å². The van der Waals surface area contributed by atoms with Crippen molar-refractivity contribution >= 4 is 0 Å². The Balaban J connectivity index is 1.44. The summed E-state index contributed by atoms with van der Waals surface area (Å²) in [6.07, 6.45) is 3.84. The maximum atomic E-state index is 6.76. The lowest BCUT2D eigenvalue weighted by atomic mass is 9.96. The lowest BCUT2D eigenvalue weighted by Gasteiger charge is -2.43. The fourth-order valence-electron chi connectivity index (χ4n) is 5.21. The second-order valence-electron chi connectivity index (χ2n) is 10.9. The van der Waals surface area contributed by atoms with Gasteiger partial charge < -0.3 is 23.7 Å². The highest BCUT2D eigenvalue weighted by atomic mass is 16.6. The van der Waals surface area contributed by atoms with Crippen molar-refractivity contribution in [3.05, 3.63) is 168 Å². The van der Waals surface area contributed by atoms with E-state index in [4.69, 9.17) is 23.7 Å². The molecule has 0 aromatic heterocycles. The fourth-order valence-corrected chi connectivity index (χ4v) is 5.21. The maximum absolute atomic E-state index is 6.76. The average molecular weight is 591 g/mol. The minimum atomic E-state index is -0.477. The molecule has 4 atom stereocenters. The number of benzene rings is 4. The Kier molecular flexibility index (Phi) is 12.4. The SMILES string of the molecule is C=CCC/C=C1\OC(COCc2ccccc2)[C@@H](OCc2ccccc2)C(OCc2ccccc2)C1OCc1ccccc1. The van der Waals surface area contributed by atoms with Crippen LogP contribution in [0.4, 0.5) is 0 Å². The molecule has 0 spiro atoms.